The van der Waals surface area contributed by atoms with Gasteiger partial charge in [-0.2, -0.15) is 5.10 Å². The summed E-state index contributed by atoms with van der Waals surface area (Å²) in [4.78, 5) is 4.27. The van der Waals surface area contributed by atoms with Gasteiger partial charge in [0.05, 0.1) is 23.6 Å². The molecule has 5 heteroatoms. The van der Waals surface area contributed by atoms with Gasteiger partial charge in [-0.05, 0) is 38.1 Å². The van der Waals surface area contributed by atoms with Crippen molar-refractivity contribution in [1.29, 1.82) is 0 Å². The van der Waals surface area contributed by atoms with E-state index in [2.05, 4.69) is 23.9 Å². The van der Waals surface area contributed by atoms with Crippen LogP contribution in [0.5, 0.6) is 11.5 Å². The Hall–Kier alpha value is -2.56. The number of pyridine rings is 1. The summed E-state index contributed by atoms with van der Waals surface area (Å²) >= 11 is 0. The van der Waals surface area contributed by atoms with Crippen molar-refractivity contribution in [3.8, 4) is 11.5 Å². The minimum Gasteiger partial charge on any atom is -0.452 e. The van der Waals surface area contributed by atoms with Crippen molar-refractivity contribution in [2.45, 2.75) is 19.9 Å². The molecule has 0 aliphatic carbocycles. The van der Waals surface area contributed by atoms with E-state index in [4.69, 9.17) is 10.5 Å². The molecule has 0 aliphatic rings. The molecule has 0 saturated carbocycles. The summed E-state index contributed by atoms with van der Waals surface area (Å²) in [6.07, 6.45) is 5.29. The molecule has 0 radical (unpaired) electrons. The van der Waals surface area contributed by atoms with Crippen LogP contribution in [0.3, 0.4) is 0 Å². The Balaban J connectivity index is 1.96. The van der Waals surface area contributed by atoms with Crippen LogP contribution in [0.25, 0.3) is 10.9 Å². The highest BCUT2D eigenvalue weighted by molar-refractivity contribution is 5.93. The Kier molecular flexibility index (Phi) is 3.02. The normalized spacial score (nSPS) is 11.2. The number of nitrogen functional groups attached to an aromatic ring is 1. The molecule has 0 saturated heterocycles. The number of benzene rings is 1. The summed E-state index contributed by atoms with van der Waals surface area (Å²) in [6, 6.07) is 7.82. The average Bonchev–Trinajstić information content (AvgIpc) is 2.91. The van der Waals surface area contributed by atoms with Crippen LogP contribution < -0.4 is 10.5 Å². The molecule has 0 aliphatic heterocycles. The van der Waals surface area contributed by atoms with E-state index in [0.29, 0.717) is 23.2 Å². The van der Waals surface area contributed by atoms with Gasteiger partial charge in [-0.3, -0.25) is 9.67 Å². The Morgan fingerprint density at radius 2 is 2.10 bits per heavy atom. The van der Waals surface area contributed by atoms with Crippen molar-refractivity contribution in [3.05, 3.63) is 42.9 Å². The number of hydrogen-bond donors (Lipinski definition) is 1. The Morgan fingerprint density at radius 1 is 1.25 bits per heavy atom. The van der Waals surface area contributed by atoms with Crippen LogP contribution >= 0.6 is 0 Å². The maximum absolute atomic E-state index is 6.14. The third-order valence-electron chi connectivity index (χ3n) is 3.12. The highest BCUT2D eigenvalue weighted by Crippen LogP contribution is 2.32. The third kappa shape index (κ3) is 2.18. The van der Waals surface area contributed by atoms with Crippen molar-refractivity contribution >= 4 is 16.6 Å². The fourth-order valence-electron chi connectivity index (χ4n) is 2.03. The first-order valence-electron chi connectivity index (χ1n) is 6.50. The Bertz CT molecular complexity index is 748. The van der Waals surface area contributed by atoms with Gasteiger partial charge in [0.25, 0.3) is 0 Å². The molecule has 2 heterocycles. The number of rotatable bonds is 3. The van der Waals surface area contributed by atoms with Crippen molar-refractivity contribution in [2.75, 3.05) is 5.73 Å². The van der Waals surface area contributed by atoms with E-state index in [0.717, 1.165) is 10.9 Å². The van der Waals surface area contributed by atoms with Gasteiger partial charge in [0.1, 0.15) is 0 Å². The van der Waals surface area contributed by atoms with Gasteiger partial charge >= 0.3 is 0 Å². The van der Waals surface area contributed by atoms with E-state index in [9.17, 15) is 0 Å². The minimum absolute atomic E-state index is 0.297. The number of anilines is 1. The maximum atomic E-state index is 6.14. The van der Waals surface area contributed by atoms with Gasteiger partial charge in [0.15, 0.2) is 11.5 Å². The molecule has 0 fully saturated rings. The zero-order chi connectivity index (χ0) is 14.1. The molecule has 0 bridgehead atoms. The molecule has 102 valence electrons. The topological polar surface area (TPSA) is 66.0 Å². The van der Waals surface area contributed by atoms with E-state index >= 15 is 0 Å². The van der Waals surface area contributed by atoms with Gasteiger partial charge in [0.2, 0.25) is 0 Å². The van der Waals surface area contributed by atoms with E-state index in [-0.39, 0.29) is 0 Å². The van der Waals surface area contributed by atoms with Gasteiger partial charge in [0, 0.05) is 17.6 Å². The van der Waals surface area contributed by atoms with Crippen LogP contribution in [0, 0.1) is 0 Å². The summed E-state index contributed by atoms with van der Waals surface area (Å²) in [6.45, 7) is 4.12. The molecule has 0 unspecified atom stereocenters. The Labute approximate surface area is 117 Å². The lowest BCUT2D eigenvalue weighted by atomic mass is 10.1. The molecule has 2 aromatic heterocycles. The van der Waals surface area contributed by atoms with Crippen molar-refractivity contribution in [3.63, 3.8) is 0 Å². The van der Waals surface area contributed by atoms with Crippen molar-refractivity contribution < 1.29 is 4.74 Å². The lowest BCUT2D eigenvalue weighted by Crippen LogP contribution is -1.99. The van der Waals surface area contributed by atoms with Crippen LogP contribution in [-0.4, -0.2) is 14.8 Å². The summed E-state index contributed by atoms with van der Waals surface area (Å²) in [5, 5.41) is 5.13. The molecular formula is C15H16N4O. The fraction of sp³-hybridized carbons (Fsp3) is 0.200. The average molecular weight is 268 g/mol. The van der Waals surface area contributed by atoms with Gasteiger partial charge in [-0.1, -0.05) is 0 Å². The smallest absolute Gasteiger partial charge is 0.165 e. The van der Waals surface area contributed by atoms with Crippen LogP contribution in [0.2, 0.25) is 0 Å². The van der Waals surface area contributed by atoms with Crippen LogP contribution in [0.4, 0.5) is 5.69 Å². The molecule has 3 aromatic rings. The maximum Gasteiger partial charge on any atom is 0.165 e. The van der Waals surface area contributed by atoms with Crippen LogP contribution in [0.1, 0.15) is 19.9 Å². The highest BCUT2D eigenvalue weighted by Gasteiger charge is 2.09. The van der Waals surface area contributed by atoms with Crippen molar-refractivity contribution in [2.24, 2.45) is 0 Å². The molecule has 1 aromatic carbocycles. The number of hydrogen-bond acceptors (Lipinski definition) is 4. The highest BCUT2D eigenvalue weighted by atomic mass is 16.5. The lowest BCUT2D eigenvalue weighted by Gasteiger charge is -2.09. The van der Waals surface area contributed by atoms with Gasteiger partial charge < -0.3 is 10.5 Å². The summed E-state index contributed by atoms with van der Waals surface area (Å²) in [7, 11) is 0. The molecule has 5 nitrogen and oxygen atoms in total. The Morgan fingerprint density at radius 3 is 2.85 bits per heavy atom. The van der Waals surface area contributed by atoms with Gasteiger partial charge in [-0.15, -0.1) is 0 Å². The first-order valence-corrected chi connectivity index (χ1v) is 6.50. The number of aromatic nitrogens is 3. The number of ether oxygens (including phenoxy) is 1. The lowest BCUT2D eigenvalue weighted by molar-refractivity contribution is 0.480. The second kappa shape index (κ2) is 4.85. The molecular weight excluding hydrogens is 252 g/mol. The first kappa shape index (κ1) is 12.5. The van der Waals surface area contributed by atoms with Gasteiger partial charge in [-0.25, -0.2) is 0 Å². The molecule has 0 amide bonds. The third-order valence-corrected chi connectivity index (χ3v) is 3.12. The quantitative estimate of drug-likeness (QED) is 0.739. The second-order valence-corrected chi connectivity index (χ2v) is 4.90. The molecule has 2 N–H and O–H groups in total. The SMILES string of the molecule is CC(C)n1cc(Oc2ccc3ncccc3c2N)cn1. The predicted octanol–water partition coefficient (Wildman–Crippen LogP) is 3.39. The van der Waals surface area contributed by atoms with Crippen molar-refractivity contribution in [1.82, 2.24) is 14.8 Å². The van der Waals surface area contributed by atoms with Crippen LogP contribution in [0.15, 0.2) is 42.9 Å². The van der Waals surface area contributed by atoms with E-state index in [1.165, 1.54) is 0 Å². The number of nitrogens with two attached hydrogens (primary N) is 1. The zero-order valence-corrected chi connectivity index (χ0v) is 11.4. The summed E-state index contributed by atoms with van der Waals surface area (Å²) in [5.41, 5.74) is 7.59. The summed E-state index contributed by atoms with van der Waals surface area (Å²) in [5.74, 6) is 1.29. The standard InChI is InChI=1S/C15H16N4O/c1-10(2)19-9-11(8-18-19)20-14-6-5-13-12(15(14)16)4-3-7-17-13/h3-10H,16H2,1-2H3. The minimum atomic E-state index is 0.297. The molecule has 3 rings (SSSR count). The first-order chi connectivity index (χ1) is 9.65. The van der Waals surface area contributed by atoms with Crippen LogP contribution in [-0.2, 0) is 0 Å². The van der Waals surface area contributed by atoms with E-state index in [1.807, 2.05) is 35.1 Å². The largest absolute Gasteiger partial charge is 0.452 e. The van der Waals surface area contributed by atoms with E-state index in [1.54, 1.807) is 12.4 Å². The molecule has 20 heavy (non-hydrogen) atoms. The number of nitrogens with zero attached hydrogens (tertiary/aromatic N) is 3. The predicted molar refractivity (Wildman–Crippen MR) is 78.8 cm³/mol. The molecule has 0 spiro atoms. The number of fused-ring (bicyclic) bond motifs is 1. The summed E-state index contributed by atoms with van der Waals surface area (Å²) < 4.78 is 7.65. The van der Waals surface area contributed by atoms with E-state index < -0.39 is 0 Å². The zero-order valence-electron chi connectivity index (χ0n) is 11.4. The fourth-order valence-corrected chi connectivity index (χ4v) is 2.03. The second-order valence-electron chi connectivity index (χ2n) is 4.90. The monoisotopic (exact) mass is 268 g/mol. The molecule has 0 atom stereocenters.